The molecule has 0 aliphatic carbocycles. The molecule has 13 heavy (non-hydrogen) atoms. The fourth-order valence-corrected chi connectivity index (χ4v) is 1.55. The van der Waals surface area contributed by atoms with Gasteiger partial charge in [-0.2, -0.15) is 0 Å². The fraction of sp³-hybridized carbons (Fsp3) is 1.00. The van der Waals surface area contributed by atoms with Gasteiger partial charge in [-0.25, -0.2) is 0 Å². The van der Waals surface area contributed by atoms with Crippen molar-refractivity contribution in [3.05, 3.63) is 0 Å². The standard InChI is InChI=1S/C11H24O2/c1-6-10(4)11(5,9(2)3)13-8-7-12/h9-10,12H,6-8H2,1-5H3. The SMILES string of the molecule is CCC(C)C(C)(OCCO)C(C)C. The van der Waals surface area contributed by atoms with E-state index in [1.54, 1.807) is 0 Å². The van der Waals surface area contributed by atoms with Crippen LogP contribution >= 0.6 is 0 Å². The van der Waals surface area contributed by atoms with Crippen molar-refractivity contribution in [2.24, 2.45) is 11.8 Å². The maximum Gasteiger partial charge on any atom is 0.0705 e. The van der Waals surface area contributed by atoms with E-state index >= 15 is 0 Å². The van der Waals surface area contributed by atoms with Crippen molar-refractivity contribution < 1.29 is 9.84 Å². The predicted molar refractivity (Wildman–Crippen MR) is 55.7 cm³/mol. The van der Waals surface area contributed by atoms with E-state index in [4.69, 9.17) is 9.84 Å². The molecule has 0 bridgehead atoms. The Morgan fingerprint density at radius 3 is 2.15 bits per heavy atom. The summed E-state index contributed by atoms with van der Waals surface area (Å²) in [6, 6.07) is 0. The number of hydrogen-bond donors (Lipinski definition) is 1. The van der Waals surface area contributed by atoms with Crippen LogP contribution in [0.15, 0.2) is 0 Å². The molecule has 0 amide bonds. The number of aliphatic hydroxyl groups is 1. The predicted octanol–water partition coefficient (Wildman–Crippen LogP) is 2.46. The second-order valence-electron chi connectivity index (χ2n) is 4.22. The molecule has 0 saturated heterocycles. The molecule has 0 aliphatic heterocycles. The van der Waals surface area contributed by atoms with Crippen LogP contribution in [0.2, 0.25) is 0 Å². The third-order valence-electron chi connectivity index (χ3n) is 3.24. The molecule has 0 saturated carbocycles. The number of aliphatic hydroxyl groups excluding tert-OH is 1. The van der Waals surface area contributed by atoms with E-state index < -0.39 is 0 Å². The summed E-state index contributed by atoms with van der Waals surface area (Å²) in [5.74, 6) is 1.01. The highest BCUT2D eigenvalue weighted by Gasteiger charge is 2.34. The largest absolute Gasteiger partial charge is 0.394 e. The zero-order valence-corrected chi connectivity index (χ0v) is 9.63. The molecule has 0 fully saturated rings. The molecule has 0 aromatic heterocycles. The molecular formula is C11H24O2. The summed E-state index contributed by atoms with van der Waals surface area (Å²) in [6.07, 6.45) is 1.11. The van der Waals surface area contributed by atoms with Crippen molar-refractivity contribution >= 4 is 0 Å². The Morgan fingerprint density at radius 2 is 1.85 bits per heavy atom. The zero-order chi connectivity index (χ0) is 10.5. The Morgan fingerprint density at radius 1 is 1.31 bits per heavy atom. The zero-order valence-electron chi connectivity index (χ0n) is 9.63. The Balaban J connectivity index is 4.33. The van der Waals surface area contributed by atoms with E-state index in [1.807, 2.05) is 0 Å². The molecule has 80 valence electrons. The molecule has 0 aromatic rings. The first-order valence-corrected chi connectivity index (χ1v) is 5.23. The van der Waals surface area contributed by atoms with Gasteiger partial charge in [0.25, 0.3) is 0 Å². The fourth-order valence-electron chi connectivity index (χ4n) is 1.55. The summed E-state index contributed by atoms with van der Waals surface area (Å²) in [6.45, 7) is 11.4. The average Bonchev–Trinajstić information content (AvgIpc) is 2.12. The summed E-state index contributed by atoms with van der Waals surface area (Å²) in [5, 5.41) is 8.74. The van der Waals surface area contributed by atoms with Gasteiger partial charge in [-0.3, -0.25) is 0 Å². The molecule has 2 unspecified atom stereocenters. The molecule has 2 heteroatoms. The molecule has 0 aliphatic rings. The minimum Gasteiger partial charge on any atom is -0.394 e. The second-order valence-corrected chi connectivity index (χ2v) is 4.22. The van der Waals surface area contributed by atoms with Crippen LogP contribution in [-0.2, 0) is 4.74 Å². The van der Waals surface area contributed by atoms with Gasteiger partial charge in [0.1, 0.15) is 0 Å². The van der Waals surface area contributed by atoms with E-state index in [0.29, 0.717) is 18.4 Å². The minimum atomic E-state index is -0.0997. The lowest BCUT2D eigenvalue weighted by Gasteiger charge is -2.39. The van der Waals surface area contributed by atoms with E-state index in [1.165, 1.54) is 0 Å². The Labute approximate surface area is 82.3 Å². The smallest absolute Gasteiger partial charge is 0.0705 e. The van der Waals surface area contributed by atoms with Crippen molar-refractivity contribution in [3.8, 4) is 0 Å². The van der Waals surface area contributed by atoms with Crippen LogP contribution in [0.5, 0.6) is 0 Å². The highest BCUT2D eigenvalue weighted by atomic mass is 16.5. The molecule has 0 radical (unpaired) electrons. The van der Waals surface area contributed by atoms with Crippen LogP contribution in [0, 0.1) is 11.8 Å². The number of ether oxygens (including phenoxy) is 1. The maximum absolute atomic E-state index is 8.74. The topological polar surface area (TPSA) is 29.5 Å². The normalized spacial score (nSPS) is 18.7. The van der Waals surface area contributed by atoms with Gasteiger partial charge < -0.3 is 9.84 Å². The Hall–Kier alpha value is -0.0800. The van der Waals surface area contributed by atoms with Gasteiger partial charge in [0.2, 0.25) is 0 Å². The lowest BCUT2D eigenvalue weighted by molar-refractivity contribution is -0.109. The molecule has 1 N–H and O–H groups in total. The summed E-state index contributed by atoms with van der Waals surface area (Å²) >= 11 is 0. The molecule has 0 aromatic carbocycles. The van der Waals surface area contributed by atoms with E-state index in [0.717, 1.165) is 6.42 Å². The van der Waals surface area contributed by atoms with Crippen LogP contribution in [0.4, 0.5) is 0 Å². The van der Waals surface area contributed by atoms with Gasteiger partial charge in [-0.05, 0) is 18.8 Å². The van der Waals surface area contributed by atoms with Gasteiger partial charge in [-0.1, -0.05) is 34.1 Å². The van der Waals surface area contributed by atoms with Gasteiger partial charge in [0.05, 0.1) is 18.8 Å². The second kappa shape index (κ2) is 5.61. The van der Waals surface area contributed by atoms with Crippen LogP contribution in [0.3, 0.4) is 0 Å². The van der Waals surface area contributed by atoms with Crippen LogP contribution in [-0.4, -0.2) is 23.9 Å². The summed E-state index contributed by atoms with van der Waals surface area (Å²) in [4.78, 5) is 0. The molecule has 2 atom stereocenters. The third kappa shape index (κ3) is 3.28. The molecule has 2 nitrogen and oxygen atoms in total. The first kappa shape index (κ1) is 12.9. The highest BCUT2D eigenvalue weighted by Crippen LogP contribution is 2.31. The number of hydrogen-bond acceptors (Lipinski definition) is 2. The molecular weight excluding hydrogens is 164 g/mol. The first-order chi connectivity index (χ1) is 5.99. The quantitative estimate of drug-likeness (QED) is 0.694. The first-order valence-electron chi connectivity index (χ1n) is 5.23. The monoisotopic (exact) mass is 188 g/mol. The van der Waals surface area contributed by atoms with E-state index in [2.05, 4.69) is 34.6 Å². The van der Waals surface area contributed by atoms with Crippen molar-refractivity contribution in [1.29, 1.82) is 0 Å². The third-order valence-corrected chi connectivity index (χ3v) is 3.24. The Bertz CT molecular complexity index is 134. The van der Waals surface area contributed by atoms with Crippen molar-refractivity contribution in [1.82, 2.24) is 0 Å². The van der Waals surface area contributed by atoms with Crippen molar-refractivity contribution in [2.45, 2.75) is 46.6 Å². The van der Waals surface area contributed by atoms with Crippen LogP contribution < -0.4 is 0 Å². The van der Waals surface area contributed by atoms with Gasteiger partial charge in [0, 0.05) is 0 Å². The lowest BCUT2D eigenvalue weighted by Crippen LogP contribution is -2.42. The van der Waals surface area contributed by atoms with Gasteiger partial charge >= 0.3 is 0 Å². The van der Waals surface area contributed by atoms with Crippen LogP contribution in [0.1, 0.15) is 41.0 Å². The lowest BCUT2D eigenvalue weighted by atomic mass is 9.79. The molecule has 0 spiro atoms. The van der Waals surface area contributed by atoms with Crippen molar-refractivity contribution in [3.63, 3.8) is 0 Å². The minimum absolute atomic E-state index is 0.0997. The van der Waals surface area contributed by atoms with Crippen molar-refractivity contribution in [2.75, 3.05) is 13.2 Å². The summed E-state index contributed by atoms with van der Waals surface area (Å²) in [5.41, 5.74) is -0.0997. The summed E-state index contributed by atoms with van der Waals surface area (Å²) < 4.78 is 5.74. The Kier molecular flexibility index (Phi) is 5.57. The molecule has 0 rings (SSSR count). The van der Waals surface area contributed by atoms with E-state index in [9.17, 15) is 0 Å². The van der Waals surface area contributed by atoms with Gasteiger partial charge in [-0.15, -0.1) is 0 Å². The highest BCUT2D eigenvalue weighted by molar-refractivity contribution is 4.84. The summed E-state index contributed by atoms with van der Waals surface area (Å²) in [7, 11) is 0. The average molecular weight is 188 g/mol. The van der Waals surface area contributed by atoms with Gasteiger partial charge in [0.15, 0.2) is 0 Å². The number of rotatable bonds is 6. The maximum atomic E-state index is 8.74. The molecule has 0 heterocycles. The van der Waals surface area contributed by atoms with E-state index in [-0.39, 0.29) is 12.2 Å². The van der Waals surface area contributed by atoms with Crippen LogP contribution in [0.25, 0.3) is 0 Å².